The van der Waals surface area contributed by atoms with E-state index in [0.29, 0.717) is 9.21 Å². The molecule has 0 aliphatic rings. The Bertz CT molecular complexity index is 1050. The molecule has 126 valence electrons. The highest BCUT2D eigenvalue weighted by atomic mass is 35.5. The van der Waals surface area contributed by atoms with E-state index < -0.39 is 22.7 Å². The molecule has 0 unspecified atom stereocenters. The van der Waals surface area contributed by atoms with Crippen molar-refractivity contribution in [3.05, 3.63) is 43.2 Å². The Morgan fingerprint density at radius 3 is 2.67 bits per heavy atom. The summed E-state index contributed by atoms with van der Waals surface area (Å²) >= 11 is 12.0. The lowest BCUT2D eigenvalue weighted by molar-refractivity contribution is -0.136. The smallest absolute Gasteiger partial charge is 0.303 e. The summed E-state index contributed by atoms with van der Waals surface area (Å²) in [6.07, 6.45) is -4.71. The number of halogens is 4. The van der Waals surface area contributed by atoms with Crippen LogP contribution in [0.2, 0.25) is 4.34 Å². The molecule has 3 aromatic rings. The predicted octanol–water partition coefficient (Wildman–Crippen LogP) is 4.87. The second kappa shape index (κ2) is 5.98. The van der Waals surface area contributed by atoms with Crippen molar-refractivity contribution in [2.24, 2.45) is 0 Å². The van der Waals surface area contributed by atoms with Gasteiger partial charge in [0.1, 0.15) is 5.65 Å². The lowest BCUT2D eigenvalue weighted by Gasteiger charge is -2.14. The normalized spacial score (nSPS) is 12.0. The fraction of sp³-hybridized carbons (Fsp3) is 0.214. The first-order chi connectivity index (χ1) is 11.2. The van der Waals surface area contributed by atoms with Crippen molar-refractivity contribution in [1.82, 2.24) is 14.5 Å². The number of aryl methyl sites for hydroxylation is 1. The van der Waals surface area contributed by atoms with Gasteiger partial charge in [0.05, 0.1) is 25.9 Å². The predicted molar refractivity (Wildman–Crippen MR) is 90.2 cm³/mol. The average Bonchev–Trinajstić information content (AvgIpc) is 2.92. The van der Waals surface area contributed by atoms with Gasteiger partial charge >= 0.3 is 6.18 Å². The monoisotopic (exact) mass is 391 g/mol. The van der Waals surface area contributed by atoms with Gasteiger partial charge in [-0.2, -0.15) is 13.2 Å². The van der Waals surface area contributed by atoms with Gasteiger partial charge in [0.2, 0.25) is 0 Å². The minimum atomic E-state index is -4.71. The van der Waals surface area contributed by atoms with Gasteiger partial charge in [-0.15, -0.1) is 11.3 Å². The van der Waals surface area contributed by atoms with E-state index in [9.17, 15) is 18.0 Å². The summed E-state index contributed by atoms with van der Waals surface area (Å²) in [5, 5.41) is -0.524. The van der Waals surface area contributed by atoms with Crippen LogP contribution in [-0.4, -0.2) is 14.5 Å². The summed E-state index contributed by atoms with van der Waals surface area (Å²) in [6, 6.07) is 4.02. The summed E-state index contributed by atoms with van der Waals surface area (Å²) in [4.78, 5) is 19.1. The minimum Gasteiger partial charge on any atom is -0.303 e. The molecule has 3 heterocycles. The summed E-state index contributed by atoms with van der Waals surface area (Å²) < 4.78 is 42.3. The highest BCUT2D eigenvalue weighted by Crippen LogP contribution is 2.37. The summed E-state index contributed by atoms with van der Waals surface area (Å²) in [5.74, 6) is 0. The topological polar surface area (TPSA) is 50.7 Å². The Balaban J connectivity index is 2.51. The van der Waals surface area contributed by atoms with Crippen molar-refractivity contribution in [3.63, 3.8) is 0 Å². The van der Waals surface area contributed by atoms with Crippen molar-refractivity contribution in [1.29, 1.82) is 0 Å². The molecular formula is C14H9ClF3N3OS2. The first kappa shape index (κ1) is 17.1. The van der Waals surface area contributed by atoms with Crippen LogP contribution in [0.25, 0.3) is 21.6 Å². The maximum absolute atomic E-state index is 13.5. The summed E-state index contributed by atoms with van der Waals surface area (Å²) in [6.45, 7) is 1.97. The summed E-state index contributed by atoms with van der Waals surface area (Å²) in [7, 11) is 0. The zero-order valence-corrected chi connectivity index (χ0v) is 14.5. The van der Waals surface area contributed by atoms with E-state index in [-0.39, 0.29) is 22.7 Å². The molecule has 3 rings (SSSR count). The van der Waals surface area contributed by atoms with Crippen LogP contribution in [0.3, 0.4) is 0 Å². The molecule has 0 aromatic carbocycles. The molecule has 0 aliphatic carbocycles. The van der Waals surface area contributed by atoms with Crippen molar-refractivity contribution in [3.8, 4) is 10.6 Å². The van der Waals surface area contributed by atoms with Crippen molar-refractivity contribution < 1.29 is 13.2 Å². The fourth-order valence-corrected chi connectivity index (χ4v) is 3.68. The molecule has 0 aliphatic heterocycles. The van der Waals surface area contributed by atoms with Gasteiger partial charge in [0, 0.05) is 6.54 Å². The number of rotatable bonds is 2. The lowest BCUT2D eigenvalue weighted by atomic mass is 10.1. The number of nitrogens with zero attached hydrogens (tertiary/aromatic N) is 2. The quantitative estimate of drug-likeness (QED) is 0.634. The number of hydrogen-bond donors (Lipinski definition) is 1. The van der Waals surface area contributed by atoms with Gasteiger partial charge < -0.3 is 4.57 Å². The average molecular weight is 392 g/mol. The number of hydrogen-bond acceptors (Lipinski definition) is 4. The van der Waals surface area contributed by atoms with E-state index in [1.54, 1.807) is 19.1 Å². The van der Waals surface area contributed by atoms with Crippen LogP contribution in [0.1, 0.15) is 12.5 Å². The molecule has 0 saturated heterocycles. The number of alkyl halides is 3. The highest BCUT2D eigenvalue weighted by molar-refractivity contribution is 7.71. The van der Waals surface area contributed by atoms with Gasteiger partial charge in [-0.25, -0.2) is 4.98 Å². The molecule has 10 heteroatoms. The van der Waals surface area contributed by atoms with Gasteiger partial charge in [-0.05, 0) is 37.3 Å². The van der Waals surface area contributed by atoms with Crippen LogP contribution in [0.15, 0.2) is 23.0 Å². The summed E-state index contributed by atoms with van der Waals surface area (Å²) in [5.41, 5.74) is -1.96. The second-order valence-electron chi connectivity index (χ2n) is 4.86. The highest BCUT2D eigenvalue weighted by Gasteiger charge is 2.35. The molecule has 0 radical (unpaired) electrons. The molecule has 0 amide bonds. The molecule has 3 aromatic heterocycles. The van der Waals surface area contributed by atoms with E-state index in [1.165, 1.54) is 4.57 Å². The Morgan fingerprint density at radius 1 is 1.42 bits per heavy atom. The third-order valence-corrected chi connectivity index (χ3v) is 4.97. The maximum Gasteiger partial charge on any atom is 0.417 e. The second-order valence-corrected chi connectivity index (χ2v) is 6.96. The van der Waals surface area contributed by atoms with Crippen molar-refractivity contribution in [2.45, 2.75) is 19.6 Å². The zero-order chi connectivity index (χ0) is 17.6. The number of H-pyrrole nitrogens is 1. The molecule has 24 heavy (non-hydrogen) atoms. The molecule has 0 atom stereocenters. The van der Waals surface area contributed by atoms with Gasteiger partial charge in [0.25, 0.3) is 5.56 Å². The van der Waals surface area contributed by atoms with E-state index in [4.69, 9.17) is 23.8 Å². The van der Waals surface area contributed by atoms with Gasteiger partial charge in [-0.1, -0.05) is 11.6 Å². The van der Waals surface area contributed by atoms with Gasteiger partial charge in [-0.3, -0.25) is 9.78 Å². The SMILES string of the molecule is CCn1c(=S)[nH]c(=O)c2c(C(F)(F)F)cc(-c3ccc(Cl)s3)nc21. The third kappa shape index (κ3) is 2.87. The van der Waals surface area contributed by atoms with Crippen molar-refractivity contribution >= 4 is 46.2 Å². The van der Waals surface area contributed by atoms with E-state index in [2.05, 4.69) is 9.97 Å². The van der Waals surface area contributed by atoms with Crippen LogP contribution in [0, 0.1) is 4.77 Å². The van der Waals surface area contributed by atoms with Crippen LogP contribution in [0.4, 0.5) is 13.2 Å². The molecule has 4 nitrogen and oxygen atoms in total. The number of aromatic nitrogens is 3. The largest absolute Gasteiger partial charge is 0.417 e. The van der Waals surface area contributed by atoms with Crippen LogP contribution >= 0.6 is 35.2 Å². The molecule has 1 N–H and O–H groups in total. The number of fused-ring (bicyclic) bond motifs is 1. The number of nitrogens with one attached hydrogen (secondary N) is 1. The van der Waals surface area contributed by atoms with E-state index in [0.717, 1.165) is 17.4 Å². The molecule has 0 spiro atoms. The van der Waals surface area contributed by atoms with E-state index in [1.807, 2.05) is 0 Å². The Labute approximate surface area is 147 Å². The Kier molecular flexibility index (Phi) is 4.27. The first-order valence-electron chi connectivity index (χ1n) is 6.73. The van der Waals surface area contributed by atoms with E-state index >= 15 is 0 Å². The Morgan fingerprint density at radius 2 is 2.12 bits per heavy atom. The number of thiophene rings is 1. The van der Waals surface area contributed by atoms with Crippen LogP contribution < -0.4 is 5.56 Å². The molecule has 0 saturated carbocycles. The number of pyridine rings is 1. The van der Waals surface area contributed by atoms with Crippen LogP contribution in [-0.2, 0) is 12.7 Å². The Hall–Kier alpha value is -1.71. The molecule has 0 bridgehead atoms. The third-order valence-electron chi connectivity index (χ3n) is 3.40. The van der Waals surface area contributed by atoms with Gasteiger partial charge in [0.15, 0.2) is 4.77 Å². The maximum atomic E-state index is 13.5. The standard InChI is InChI=1S/C14H9ClF3N3OS2/c1-2-21-11-10(12(22)20-13(21)23)6(14(16,17)18)5-7(19-11)8-3-4-9(15)24-8/h3-5H,2H2,1H3,(H,20,22,23). The fourth-order valence-electron chi connectivity index (χ4n) is 2.37. The number of aromatic amines is 1. The lowest BCUT2D eigenvalue weighted by Crippen LogP contribution is -2.20. The zero-order valence-electron chi connectivity index (χ0n) is 12.1. The van der Waals surface area contributed by atoms with Crippen LogP contribution in [0.5, 0.6) is 0 Å². The minimum absolute atomic E-state index is 0.0250. The molecular weight excluding hydrogens is 383 g/mol. The van der Waals surface area contributed by atoms with Crippen molar-refractivity contribution in [2.75, 3.05) is 0 Å². The molecule has 0 fully saturated rings. The first-order valence-corrected chi connectivity index (χ1v) is 8.33.